The normalized spacial score (nSPS) is 27.2. The zero-order valence-corrected chi connectivity index (χ0v) is 11.7. The maximum Gasteiger partial charge on any atom is 0.326 e. The number of hydrogen-bond acceptors (Lipinski definition) is 3. The first-order chi connectivity index (χ1) is 10.0. The molecule has 3 rings (SSSR count). The van der Waals surface area contributed by atoms with Crippen molar-refractivity contribution in [3.63, 3.8) is 0 Å². The van der Waals surface area contributed by atoms with Gasteiger partial charge in [0.2, 0.25) is 5.91 Å². The third kappa shape index (κ3) is 2.21. The number of rotatable bonds is 3. The van der Waals surface area contributed by atoms with Crippen LogP contribution in [-0.4, -0.2) is 45.7 Å². The Morgan fingerprint density at radius 1 is 1.19 bits per heavy atom. The van der Waals surface area contributed by atoms with Crippen molar-refractivity contribution in [1.29, 1.82) is 0 Å². The van der Waals surface area contributed by atoms with Gasteiger partial charge in [0.15, 0.2) is 0 Å². The van der Waals surface area contributed by atoms with Crippen molar-refractivity contribution in [2.75, 3.05) is 6.54 Å². The lowest BCUT2D eigenvalue weighted by atomic mass is 9.63. The van der Waals surface area contributed by atoms with Crippen LogP contribution in [0.15, 0.2) is 30.3 Å². The van der Waals surface area contributed by atoms with Crippen LogP contribution in [0.4, 0.5) is 0 Å². The van der Waals surface area contributed by atoms with Gasteiger partial charge < -0.3 is 15.1 Å². The molecule has 1 aliphatic carbocycles. The average molecular weight is 289 g/mol. The highest BCUT2D eigenvalue weighted by molar-refractivity contribution is 5.93. The average Bonchev–Trinajstić information content (AvgIpc) is 2.81. The summed E-state index contributed by atoms with van der Waals surface area (Å²) in [5.41, 5.74) is 0.353. The lowest BCUT2D eigenvalue weighted by Gasteiger charge is -2.44. The number of benzene rings is 1. The Balaban J connectivity index is 1.91. The van der Waals surface area contributed by atoms with Gasteiger partial charge in [-0.3, -0.25) is 4.79 Å². The summed E-state index contributed by atoms with van der Waals surface area (Å²) < 4.78 is 0. The van der Waals surface area contributed by atoms with Gasteiger partial charge in [0.25, 0.3) is 0 Å². The first-order valence-corrected chi connectivity index (χ1v) is 7.32. The molecule has 1 saturated carbocycles. The predicted molar refractivity (Wildman–Crippen MR) is 75.7 cm³/mol. The summed E-state index contributed by atoms with van der Waals surface area (Å²) in [6.07, 6.45) is 1.83. The van der Waals surface area contributed by atoms with Crippen molar-refractivity contribution in [3.8, 4) is 0 Å². The van der Waals surface area contributed by atoms with Gasteiger partial charge in [-0.1, -0.05) is 36.8 Å². The first kappa shape index (κ1) is 14.1. The van der Waals surface area contributed by atoms with Gasteiger partial charge in [0.1, 0.15) is 6.04 Å². The van der Waals surface area contributed by atoms with Crippen LogP contribution in [0.25, 0.3) is 0 Å². The summed E-state index contributed by atoms with van der Waals surface area (Å²) in [5.74, 6) is -1.19. The molecule has 0 bridgehead atoms. The van der Waals surface area contributed by atoms with E-state index >= 15 is 0 Å². The molecule has 5 nitrogen and oxygen atoms in total. The summed E-state index contributed by atoms with van der Waals surface area (Å²) in [6, 6.07) is 8.65. The number of carbonyl (C=O) groups is 2. The van der Waals surface area contributed by atoms with E-state index in [1.54, 1.807) is 0 Å². The third-order valence-corrected chi connectivity index (χ3v) is 4.77. The molecule has 2 atom stereocenters. The van der Waals surface area contributed by atoms with E-state index < -0.39 is 23.5 Å². The van der Waals surface area contributed by atoms with Crippen LogP contribution in [-0.2, 0) is 15.0 Å². The summed E-state index contributed by atoms with van der Waals surface area (Å²) in [5, 5.41) is 19.0. The van der Waals surface area contributed by atoms with Gasteiger partial charge in [0, 0.05) is 13.0 Å². The zero-order chi connectivity index (χ0) is 15.0. The molecule has 1 saturated heterocycles. The van der Waals surface area contributed by atoms with E-state index in [-0.39, 0.29) is 18.9 Å². The third-order valence-electron chi connectivity index (χ3n) is 4.77. The number of aliphatic hydroxyl groups excluding tert-OH is 1. The van der Waals surface area contributed by atoms with E-state index in [0.29, 0.717) is 0 Å². The fourth-order valence-corrected chi connectivity index (χ4v) is 3.46. The molecule has 2 fully saturated rings. The van der Waals surface area contributed by atoms with Crippen molar-refractivity contribution in [2.45, 2.75) is 43.2 Å². The lowest BCUT2D eigenvalue weighted by Crippen LogP contribution is -2.54. The molecular formula is C16H19NO4. The van der Waals surface area contributed by atoms with Crippen molar-refractivity contribution < 1.29 is 19.8 Å². The number of aliphatic carboxylic acids is 1. The molecule has 0 unspecified atom stereocenters. The molecule has 112 valence electrons. The van der Waals surface area contributed by atoms with Crippen LogP contribution in [0.3, 0.4) is 0 Å². The van der Waals surface area contributed by atoms with E-state index in [1.165, 1.54) is 4.90 Å². The van der Waals surface area contributed by atoms with Crippen molar-refractivity contribution in [1.82, 2.24) is 4.90 Å². The molecular weight excluding hydrogens is 270 g/mol. The smallest absolute Gasteiger partial charge is 0.326 e. The number of nitrogens with zero attached hydrogens (tertiary/aromatic N) is 1. The Kier molecular flexibility index (Phi) is 3.45. The number of hydrogen-bond donors (Lipinski definition) is 2. The Labute approximate surface area is 123 Å². The Hall–Kier alpha value is -1.88. The van der Waals surface area contributed by atoms with E-state index in [0.717, 1.165) is 24.8 Å². The summed E-state index contributed by atoms with van der Waals surface area (Å²) in [7, 11) is 0. The van der Waals surface area contributed by atoms with Gasteiger partial charge in [0.05, 0.1) is 11.5 Å². The van der Waals surface area contributed by atoms with Crippen LogP contribution in [0, 0.1) is 0 Å². The second-order valence-corrected chi connectivity index (χ2v) is 6.00. The molecule has 1 amide bonds. The van der Waals surface area contributed by atoms with Crippen molar-refractivity contribution >= 4 is 11.9 Å². The van der Waals surface area contributed by atoms with E-state index in [1.807, 2.05) is 30.3 Å². The molecule has 1 aromatic carbocycles. The SMILES string of the molecule is O=C(O)[C@H]1C[C@@H](O)CN1C(=O)C1(c2ccccc2)CCC1. The van der Waals surface area contributed by atoms with Crippen LogP contribution in [0.5, 0.6) is 0 Å². The molecule has 5 heteroatoms. The van der Waals surface area contributed by atoms with Crippen LogP contribution < -0.4 is 0 Å². The molecule has 1 aromatic rings. The summed E-state index contributed by atoms with van der Waals surface area (Å²) in [4.78, 5) is 25.6. The van der Waals surface area contributed by atoms with Crippen LogP contribution in [0.1, 0.15) is 31.2 Å². The second-order valence-electron chi connectivity index (χ2n) is 6.00. The quantitative estimate of drug-likeness (QED) is 0.875. The van der Waals surface area contributed by atoms with Gasteiger partial charge in [-0.05, 0) is 18.4 Å². The molecule has 21 heavy (non-hydrogen) atoms. The van der Waals surface area contributed by atoms with E-state index in [2.05, 4.69) is 0 Å². The van der Waals surface area contributed by atoms with Gasteiger partial charge in [-0.25, -0.2) is 4.79 Å². The summed E-state index contributed by atoms with van der Waals surface area (Å²) in [6.45, 7) is 0.115. The highest BCUT2D eigenvalue weighted by Gasteiger charge is 2.51. The Morgan fingerprint density at radius 3 is 2.38 bits per heavy atom. The fraction of sp³-hybridized carbons (Fsp3) is 0.500. The minimum atomic E-state index is -1.04. The Bertz CT molecular complexity index is 553. The zero-order valence-electron chi connectivity index (χ0n) is 11.7. The number of β-amino-alcohol motifs (C(OH)–C–C–N with tert-alkyl or cyclic N) is 1. The molecule has 2 N–H and O–H groups in total. The fourth-order valence-electron chi connectivity index (χ4n) is 3.46. The molecule has 2 aliphatic rings. The minimum absolute atomic E-state index is 0.115. The van der Waals surface area contributed by atoms with Gasteiger partial charge in [-0.2, -0.15) is 0 Å². The Morgan fingerprint density at radius 2 is 1.86 bits per heavy atom. The predicted octanol–water partition coefficient (Wildman–Crippen LogP) is 1.15. The number of carboxylic acids is 1. The minimum Gasteiger partial charge on any atom is -0.480 e. The summed E-state index contributed by atoms with van der Waals surface area (Å²) >= 11 is 0. The monoisotopic (exact) mass is 289 g/mol. The number of aliphatic hydroxyl groups is 1. The molecule has 1 aliphatic heterocycles. The molecule has 0 aromatic heterocycles. The highest BCUT2D eigenvalue weighted by Crippen LogP contribution is 2.46. The second kappa shape index (κ2) is 5.15. The molecule has 0 spiro atoms. The van der Waals surface area contributed by atoms with Crippen LogP contribution in [0.2, 0.25) is 0 Å². The number of carbonyl (C=O) groups excluding carboxylic acids is 1. The van der Waals surface area contributed by atoms with E-state index in [9.17, 15) is 19.8 Å². The van der Waals surface area contributed by atoms with Gasteiger partial charge >= 0.3 is 5.97 Å². The maximum absolute atomic E-state index is 13.0. The van der Waals surface area contributed by atoms with Crippen molar-refractivity contribution in [3.05, 3.63) is 35.9 Å². The standard InChI is InChI=1S/C16H19NO4/c18-12-9-13(14(19)20)17(10-12)15(21)16(7-4-8-16)11-5-2-1-3-6-11/h1-3,5-6,12-13,18H,4,7-10H2,(H,19,20)/t12-,13-/m1/s1. The van der Waals surface area contributed by atoms with Gasteiger partial charge in [-0.15, -0.1) is 0 Å². The maximum atomic E-state index is 13.0. The topological polar surface area (TPSA) is 77.8 Å². The number of likely N-dealkylation sites (tertiary alicyclic amines) is 1. The lowest BCUT2D eigenvalue weighted by molar-refractivity contribution is -0.152. The number of amides is 1. The number of carboxylic acid groups (broad SMARTS) is 1. The molecule has 0 radical (unpaired) electrons. The highest BCUT2D eigenvalue weighted by atomic mass is 16.4. The van der Waals surface area contributed by atoms with Crippen molar-refractivity contribution in [2.24, 2.45) is 0 Å². The van der Waals surface area contributed by atoms with E-state index in [4.69, 9.17) is 0 Å². The van der Waals surface area contributed by atoms with Crippen LogP contribution >= 0.6 is 0 Å². The largest absolute Gasteiger partial charge is 0.480 e. The first-order valence-electron chi connectivity index (χ1n) is 7.32. The molecule has 1 heterocycles.